The number of hydrogen-bond donors (Lipinski definition) is 2. The minimum Gasteiger partial charge on any atom is -0.361 e. The lowest BCUT2D eigenvalue weighted by molar-refractivity contribution is 0.244. The number of para-hydroxylation sites is 1. The van der Waals surface area contributed by atoms with E-state index < -0.39 is 10.0 Å². The van der Waals surface area contributed by atoms with Crippen molar-refractivity contribution in [3.63, 3.8) is 0 Å². The van der Waals surface area contributed by atoms with E-state index in [1.165, 1.54) is 10.9 Å². The van der Waals surface area contributed by atoms with Crippen LogP contribution in [0.15, 0.2) is 96.2 Å². The molecule has 6 rings (SSSR count). The fourth-order valence-electron chi connectivity index (χ4n) is 5.61. The van der Waals surface area contributed by atoms with Crippen LogP contribution in [-0.2, 0) is 17.1 Å². The minimum atomic E-state index is -3.68. The van der Waals surface area contributed by atoms with Gasteiger partial charge in [0.15, 0.2) is 0 Å². The highest BCUT2D eigenvalue weighted by Crippen LogP contribution is 2.36. The lowest BCUT2D eigenvalue weighted by atomic mass is 9.98. The molecule has 1 saturated heterocycles. The normalized spacial score (nSPS) is 17.8. The van der Waals surface area contributed by atoms with Crippen molar-refractivity contribution >= 4 is 31.8 Å². The third-order valence-corrected chi connectivity index (χ3v) is 8.94. The van der Waals surface area contributed by atoms with Crippen LogP contribution in [0.1, 0.15) is 29.5 Å². The largest absolute Gasteiger partial charge is 0.361 e. The molecule has 0 saturated carbocycles. The molecule has 0 spiro atoms. The molecule has 1 fully saturated rings. The summed E-state index contributed by atoms with van der Waals surface area (Å²) in [5.74, 6) is 0.440. The van der Waals surface area contributed by atoms with Crippen LogP contribution < -0.4 is 4.72 Å². The van der Waals surface area contributed by atoms with E-state index in [0.29, 0.717) is 12.5 Å². The first-order valence-corrected chi connectivity index (χ1v) is 13.9. The molecular formula is C29H30N4O2S. The van der Waals surface area contributed by atoms with Crippen LogP contribution in [0.25, 0.3) is 21.8 Å². The molecule has 36 heavy (non-hydrogen) atoms. The summed E-state index contributed by atoms with van der Waals surface area (Å²) in [5, 5.41) is 2.16. The van der Waals surface area contributed by atoms with Crippen molar-refractivity contribution in [2.45, 2.75) is 23.3 Å². The summed E-state index contributed by atoms with van der Waals surface area (Å²) in [6.07, 6.45) is 5.04. The highest BCUT2D eigenvalue weighted by Gasteiger charge is 2.32. The van der Waals surface area contributed by atoms with Gasteiger partial charge in [-0.2, -0.15) is 0 Å². The Labute approximate surface area is 211 Å². The van der Waals surface area contributed by atoms with Gasteiger partial charge in [-0.3, -0.25) is 4.90 Å². The predicted molar refractivity (Wildman–Crippen MR) is 145 cm³/mol. The van der Waals surface area contributed by atoms with Gasteiger partial charge in [-0.05, 0) is 59.7 Å². The monoisotopic (exact) mass is 498 g/mol. The maximum atomic E-state index is 13.4. The molecule has 184 valence electrons. The van der Waals surface area contributed by atoms with E-state index in [4.69, 9.17) is 0 Å². The number of aryl methyl sites for hydroxylation is 1. The number of nitrogens with one attached hydrogen (secondary N) is 2. The molecule has 1 aliphatic heterocycles. The highest BCUT2D eigenvalue weighted by atomic mass is 32.2. The van der Waals surface area contributed by atoms with Crippen molar-refractivity contribution in [2.75, 3.05) is 19.6 Å². The maximum Gasteiger partial charge on any atom is 0.240 e. The Morgan fingerprint density at radius 2 is 1.83 bits per heavy atom. The summed E-state index contributed by atoms with van der Waals surface area (Å²) in [6, 6.07) is 26.0. The number of sulfonamides is 1. The zero-order chi connectivity index (χ0) is 24.7. The highest BCUT2D eigenvalue weighted by molar-refractivity contribution is 7.89. The van der Waals surface area contributed by atoms with Crippen LogP contribution in [0.3, 0.4) is 0 Å². The van der Waals surface area contributed by atoms with E-state index in [-0.39, 0.29) is 10.9 Å². The molecule has 2 aromatic heterocycles. The second-order valence-electron chi connectivity index (χ2n) is 9.70. The number of H-pyrrole nitrogens is 1. The zero-order valence-electron chi connectivity index (χ0n) is 20.3. The molecule has 2 N–H and O–H groups in total. The molecule has 2 atom stereocenters. The zero-order valence-corrected chi connectivity index (χ0v) is 21.1. The van der Waals surface area contributed by atoms with E-state index in [1.54, 1.807) is 12.1 Å². The first kappa shape index (κ1) is 23.0. The number of nitrogens with zero attached hydrogens (tertiary/aromatic N) is 2. The molecule has 0 unspecified atom stereocenters. The van der Waals surface area contributed by atoms with Crippen LogP contribution in [-0.4, -0.2) is 42.5 Å². The Morgan fingerprint density at radius 3 is 2.69 bits per heavy atom. The van der Waals surface area contributed by atoms with E-state index >= 15 is 0 Å². The van der Waals surface area contributed by atoms with Crippen molar-refractivity contribution < 1.29 is 8.42 Å². The van der Waals surface area contributed by atoms with Crippen LogP contribution >= 0.6 is 0 Å². The molecule has 5 aromatic rings. The van der Waals surface area contributed by atoms with Gasteiger partial charge < -0.3 is 9.55 Å². The lowest BCUT2D eigenvalue weighted by Gasteiger charge is -2.28. The van der Waals surface area contributed by atoms with Crippen molar-refractivity contribution in [1.29, 1.82) is 0 Å². The van der Waals surface area contributed by atoms with Crippen LogP contribution in [0.2, 0.25) is 0 Å². The van der Waals surface area contributed by atoms with Gasteiger partial charge in [-0.15, -0.1) is 0 Å². The van der Waals surface area contributed by atoms with Gasteiger partial charge in [0, 0.05) is 49.0 Å². The molecule has 0 radical (unpaired) electrons. The molecule has 3 aromatic carbocycles. The number of likely N-dealkylation sites (tertiary alicyclic amines) is 1. The second-order valence-corrected chi connectivity index (χ2v) is 11.5. The number of aromatic amines is 1. The Bertz CT molecular complexity index is 1620. The average molecular weight is 499 g/mol. The van der Waals surface area contributed by atoms with Crippen LogP contribution in [0, 0.1) is 0 Å². The van der Waals surface area contributed by atoms with E-state index in [9.17, 15) is 8.42 Å². The maximum absolute atomic E-state index is 13.4. The number of rotatable bonds is 7. The lowest BCUT2D eigenvalue weighted by Crippen LogP contribution is -2.37. The Balaban J connectivity index is 1.32. The van der Waals surface area contributed by atoms with Gasteiger partial charge in [0.2, 0.25) is 10.0 Å². The SMILES string of the molecule is Cn1cc([C@H](CNS(=O)(=O)c2ccc3cc[nH]c3c2)N2CC[C@@H](c3ccccc3)C2)c2ccccc21. The van der Waals surface area contributed by atoms with Crippen molar-refractivity contribution in [3.8, 4) is 0 Å². The number of hydrogen-bond acceptors (Lipinski definition) is 3. The van der Waals surface area contributed by atoms with E-state index in [2.05, 4.69) is 80.9 Å². The van der Waals surface area contributed by atoms with Gasteiger partial charge in [0.1, 0.15) is 0 Å². The number of aromatic nitrogens is 2. The van der Waals surface area contributed by atoms with Crippen molar-refractivity contribution in [3.05, 3.63) is 102 Å². The van der Waals surface area contributed by atoms with Gasteiger partial charge in [-0.1, -0.05) is 54.6 Å². The summed E-state index contributed by atoms with van der Waals surface area (Å²) in [4.78, 5) is 5.82. The summed E-state index contributed by atoms with van der Waals surface area (Å²) in [6.45, 7) is 2.12. The number of fused-ring (bicyclic) bond motifs is 2. The van der Waals surface area contributed by atoms with Gasteiger partial charge in [0.05, 0.1) is 10.9 Å². The summed E-state index contributed by atoms with van der Waals surface area (Å²) < 4.78 is 31.8. The summed E-state index contributed by atoms with van der Waals surface area (Å²) in [7, 11) is -1.63. The molecular weight excluding hydrogens is 468 g/mol. The minimum absolute atomic E-state index is 0.0752. The van der Waals surface area contributed by atoms with E-state index in [0.717, 1.165) is 41.5 Å². The predicted octanol–water partition coefficient (Wildman–Crippen LogP) is 5.17. The molecule has 0 aliphatic carbocycles. The quantitative estimate of drug-likeness (QED) is 0.325. The standard InChI is InChI=1S/C29H30N4O2S/c1-32-20-26(25-9-5-6-10-28(25)32)29(33-16-14-23(19-33)21-7-3-2-4-8-21)18-31-36(34,35)24-12-11-22-13-15-30-27(22)17-24/h2-13,15,17,20,23,29-31H,14,16,18-19H2,1H3/t23-,29+/m1/s1. The van der Waals surface area contributed by atoms with Gasteiger partial charge >= 0.3 is 0 Å². The number of benzene rings is 3. The summed E-state index contributed by atoms with van der Waals surface area (Å²) >= 11 is 0. The van der Waals surface area contributed by atoms with Gasteiger partial charge in [0.25, 0.3) is 0 Å². The molecule has 1 aliphatic rings. The summed E-state index contributed by atoms with van der Waals surface area (Å²) in [5.41, 5.74) is 4.46. The first-order chi connectivity index (χ1) is 17.5. The fourth-order valence-corrected chi connectivity index (χ4v) is 6.67. The molecule has 0 bridgehead atoms. The van der Waals surface area contributed by atoms with Crippen LogP contribution in [0.5, 0.6) is 0 Å². The van der Waals surface area contributed by atoms with Crippen molar-refractivity contribution in [1.82, 2.24) is 19.2 Å². The third-order valence-electron chi connectivity index (χ3n) is 7.52. The average Bonchev–Trinajstić information content (AvgIpc) is 3.64. The topological polar surface area (TPSA) is 70.1 Å². The van der Waals surface area contributed by atoms with Crippen molar-refractivity contribution in [2.24, 2.45) is 7.05 Å². The molecule has 6 nitrogen and oxygen atoms in total. The third kappa shape index (κ3) is 4.23. The van der Waals surface area contributed by atoms with E-state index in [1.807, 2.05) is 24.4 Å². The van der Waals surface area contributed by atoms with Gasteiger partial charge in [-0.25, -0.2) is 13.1 Å². The molecule has 0 amide bonds. The Hall–Kier alpha value is -3.39. The Morgan fingerprint density at radius 1 is 1.03 bits per heavy atom. The second kappa shape index (κ2) is 9.24. The first-order valence-electron chi connectivity index (χ1n) is 12.4. The molecule has 7 heteroatoms. The fraction of sp³-hybridized carbons (Fsp3) is 0.241. The molecule has 3 heterocycles. The smallest absolute Gasteiger partial charge is 0.240 e. The van der Waals surface area contributed by atoms with Crippen LogP contribution in [0.4, 0.5) is 0 Å². The Kier molecular flexibility index (Phi) is 5.91.